The standard InChI is InChI=1S/C58H102N8O12/c1-17-39(6)51(44(75-15)35-47(69)66-33-24-27-43(66)53(76-16)40(7)54(72)61-41(8)52(71)42-25-20-18-21-26-42)65(14)56(74)49(37(2)3)62-55(73)50(38(4)5)64(13)48(70)36-78-58(11,12)31-34-77-57(9,10)30-32-60-45(67)28-22-19-23-29-46(68)63-59/h18,20-21,25-26,37-41,43-44,49-53,71H,17,19,22-24,27-36,59H2,1-16H3,(H,60,67)(H,61,72)(H,62,73)(H,63,68)/t39-,40+,41+,43-,44+,49-,50-,51-,52+,53+/m0/s1. The number of nitrogens with two attached hydrogens (primary N) is 1. The molecule has 7 N–H and O–H groups in total. The van der Waals surface area contributed by atoms with E-state index in [0.717, 1.165) is 6.42 Å². The molecule has 0 aliphatic carbocycles. The fourth-order valence-electron chi connectivity index (χ4n) is 10.2. The Morgan fingerprint density at radius 1 is 0.795 bits per heavy atom. The minimum atomic E-state index is -0.980. The van der Waals surface area contributed by atoms with E-state index in [1.54, 1.807) is 49.9 Å². The molecule has 0 bridgehead atoms. The van der Waals surface area contributed by atoms with Crippen molar-refractivity contribution < 1.29 is 57.6 Å². The Kier molecular flexibility index (Phi) is 30.0. The number of methoxy groups -OCH3 is 2. The third-order valence-corrected chi connectivity index (χ3v) is 15.5. The van der Waals surface area contributed by atoms with Gasteiger partial charge in [0.2, 0.25) is 41.4 Å². The largest absolute Gasteiger partial charge is 0.386 e. The van der Waals surface area contributed by atoms with Gasteiger partial charge in [-0.25, -0.2) is 5.84 Å². The number of carbonyl (C=O) groups is 7. The maximum atomic E-state index is 14.7. The fourth-order valence-corrected chi connectivity index (χ4v) is 10.2. The molecule has 10 atom stereocenters. The molecule has 2 rings (SSSR count). The van der Waals surface area contributed by atoms with Crippen LogP contribution >= 0.6 is 0 Å². The Balaban J connectivity index is 2.09. The number of benzene rings is 1. The van der Waals surface area contributed by atoms with Crippen LogP contribution in [0, 0.1) is 23.7 Å². The highest BCUT2D eigenvalue weighted by Crippen LogP contribution is 2.30. The first-order chi connectivity index (χ1) is 36.6. The van der Waals surface area contributed by atoms with Crippen molar-refractivity contribution in [2.75, 3.05) is 54.6 Å². The zero-order chi connectivity index (χ0) is 59.1. The van der Waals surface area contributed by atoms with E-state index >= 15 is 0 Å². The zero-order valence-electron chi connectivity index (χ0n) is 50.3. The highest BCUT2D eigenvalue weighted by Gasteiger charge is 2.44. The minimum absolute atomic E-state index is 0.0497. The maximum absolute atomic E-state index is 14.7. The van der Waals surface area contributed by atoms with Gasteiger partial charge in [-0.2, -0.15) is 0 Å². The summed E-state index contributed by atoms with van der Waals surface area (Å²) in [4.78, 5) is 99.2. The summed E-state index contributed by atoms with van der Waals surface area (Å²) in [5.41, 5.74) is 1.49. The van der Waals surface area contributed by atoms with Gasteiger partial charge in [0.1, 0.15) is 18.7 Å². The topological polar surface area (TPSA) is 260 Å². The molecule has 7 amide bonds. The van der Waals surface area contributed by atoms with Crippen LogP contribution < -0.4 is 27.2 Å². The molecule has 1 aliphatic heterocycles. The normalized spacial score (nSPS) is 17.5. The molecule has 1 saturated heterocycles. The van der Waals surface area contributed by atoms with Crippen LogP contribution in [0.4, 0.5) is 0 Å². The van der Waals surface area contributed by atoms with Crippen LogP contribution in [0.3, 0.4) is 0 Å². The smallest absolute Gasteiger partial charge is 0.249 e. The summed E-state index contributed by atoms with van der Waals surface area (Å²) in [5, 5.41) is 19.8. The van der Waals surface area contributed by atoms with Crippen molar-refractivity contribution in [3.63, 3.8) is 0 Å². The zero-order valence-corrected chi connectivity index (χ0v) is 50.3. The van der Waals surface area contributed by atoms with Gasteiger partial charge in [-0.05, 0) is 96.5 Å². The average Bonchev–Trinajstić information content (AvgIpc) is 3.88. The summed E-state index contributed by atoms with van der Waals surface area (Å²) in [6, 6.07) is 5.65. The molecule has 1 aromatic carbocycles. The van der Waals surface area contributed by atoms with Crippen molar-refractivity contribution in [3.05, 3.63) is 35.9 Å². The number of hydrogen-bond donors (Lipinski definition) is 6. The summed E-state index contributed by atoms with van der Waals surface area (Å²) in [6.45, 7) is 23.4. The summed E-state index contributed by atoms with van der Waals surface area (Å²) in [6.07, 6.45) is 3.51. The molecule has 1 fully saturated rings. The van der Waals surface area contributed by atoms with Crippen molar-refractivity contribution in [1.29, 1.82) is 0 Å². The van der Waals surface area contributed by atoms with Gasteiger partial charge in [-0.15, -0.1) is 0 Å². The summed E-state index contributed by atoms with van der Waals surface area (Å²) in [5.74, 6) is 1.60. The lowest BCUT2D eigenvalue weighted by Gasteiger charge is -2.41. The van der Waals surface area contributed by atoms with Crippen LogP contribution in [0.15, 0.2) is 30.3 Å². The van der Waals surface area contributed by atoms with Gasteiger partial charge < -0.3 is 54.7 Å². The molecule has 20 nitrogen and oxygen atoms in total. The average molecular weight is 1100 g/mol. The quantitative estimate of drug-likeness (QED) is 0.0219. The molecular formula is C58H102N8O12. The Labute approximate surface area is 467 Å². The van der Waals surface area contributed by atoms with Crippen LogP contribution in [-0.2, 0) is 52.5 Å². The number of hydrazine groups is 1. The molecule has 0 aromatic heterocycles. The van der Waals surface area contributed by atoms with E-state index in [0.29, 0.717) is 83.0 Å². The molecule has 0 saturated carbocycles. The van der Waals surface area contributed by atoms with Crippen LogP contribution in [0.5, 0.6) is 0 Å². The summed E-state index contributed by atoms with van der Waals surface area (Å²) < 4.78 is 24.4. The molecule has 1 heterocycles. The number of likely N-dealkylation sites (N-methyl/N-ethyl adjacent to an activating group) is 2. The number of rotatable bonds is 36. The second-order valence-electron chi connectivity index (χ2n) is 23.3. The number of unbranched alkanes of at least 4 members (excludes halogenated alkanes) is 2. The van der Waals surface area contributed by atoms with E-state index in [2.05, 4.69) is 21.4 Å². The van der Waals surface area contributed by atoms with E-state index in [1.807, 2.05) is 87.4 Å². The Bertz CT molecular complexity index is 2020. The predicted octanol–water partition coefficient (Wildman–Crippen LogP) is 5.20. The number of hydrogen-bond acceptors (Lipinski definition) is 13. The SMILES string of the molecule is CC[C@H](C)[C@@H]([C@@H](CC(=O)N1CCC[C@H]1[C@H](OC)[C@@H](C)C(=O)N[C@H](C)[C@@H](O)c1ccccc1)OC)N(C)C(=O)[C@@H](NC(=O)[C@H](C(C)C)N(C)C(=O)COC(C)(C)CCOC(C)(C)CCNC(=O)CCCCCC(=O)NN)C(C)C. The van der Waals surface area contributed by atoms with Crippen molar-refractivity contribution in [1.82, 2.24) is 36.1 Å². The Morgan fingerprint density at radius 2 is 1.41 bits per heavy atom. The molecule has 446 valence electrons. The van der Waals surface area contributed by atoms with Gasteiger partial charge in [0.25, 0.3) is 0 Å². The molecule has 1 aliphatic rings. The maximum Gasteiger partial charge on any atom is 0.249 e. The minimum Gasteiger partial charge on any atom is -0.386 e. The molecule has 78 heavy (non-hydrogen) atoms. The number of likely N-dealkylation sites (tertiary alicyclic amines) is 1. The lowest BCUT2D eigenvalue weighted by molar-refractivity contribution is -0.151. The van der Waals surface area contributed by atoms with Gasteiger partial charge in [0.15, 0.2) is 0 Å². The first-order valence-electron chi connectivity index (χ1n) is 28.3. The van der Waals surface area contributed by atoms with E-state index in [-0.39, 0.29) is 60.3 Å². The van der Waals surface area contributed by atoms with E-state index in [4.69, 9.17) is 24.8 Å². The van der Waals surface area contributed by atoms with Crippen molar-refractivity contribution in [2.45, 2.75) is 213 Å². The van der Waals surface area contributed by atoms with Crippen LogP contribution in [-0.4, -0.2) is 169 Å². The summed E-state index contributed by atoms with van der Waals surface area (Å²) in [7, 11) is 6.29. The second-order valence-corrected chi connectivity index (χ2v) is 23.3. The Hall–Kier alpha value is -4.73. The Morgan fingerprint density at radius 3 is 1.97 bits per heavy atom. The van der Waals surface area contributed by atoms with E-state index < -0.39 is 77.5 Å². The van der Waals surface area contributed by atoms with E-state index in [9.17, 15) is 38.7 Å². The molecule has 0 unspecified atom stereocenters. The second kappa shape index (κ2) is 33.8. The monoisotopic (exact) mass is 1100 g/mol. The third-order valence-electron chi connectivity index (χ3n) is 15.5. The fraction of sp³-hybridized carbons (Fsp3) is 0.776. The van der Waals surface area contributed by atoms with Crippen molar-refractivity contribution >= 4 is 41.4 Å². The molecule has 20 heteroatoms. The third kappa shape index (κ3) is 22.1. The lowest BCUT2D eigenvalue weighted by Crippen LogP contribution is -2.60. The van der Waals surface area contributed by atoms with Crippen molar-refractivity contribution in [2.24, 2.45) is 29.5 Å². The number of nitrogens with zero attached hydrogens (tertiary/aromatic N) is 3. The van der Waals surface area contributed by atoms with Gasteiger partial charge in [0.05, 0.1) is 66.6 Å². The highest BCUT2D eigenvalue weighted by molar-refractivity contribution is 5.92. The summed E-state index contributed by atoms with van der Waals surface area (Å²) >= 11 is 0. The van der Waals surface area contributed by atoms with Gasteiger partial charge in [-0.3, -0.25) is 39.0 Å². The number of aliphatic hydroxyl groups excluding tert-OH is 1. The molecule has 0 radical (unpaired) electrons. The highest BCUT2D eigenvalue weighted by atomic mass is 16.5. The molecule has 1 aromatic rings. The number of aliphatic hydroxyl groups is 1. The number of amides is 7. The first-order valence-corrected chi connectivity index (χ1v) is 28.3. The van der Waals surface area contributed by atoms with Crippen molar-refractivity contribution in [3.8, 4) is 0 Å². The van der Waals surface area contributed by atoms with Crippen LogP contribution in [0.2, 0.25) is 0 Å². The van der Waals surface area contributed by atoms with Gasteiger partial charge in [-0.1, -0.05) is 91.6 Å². The van der Waals surface area contributed by atoms with Gasteiger partial charge >= 0.3 is 0 Å². The van der Waals surface area contributed by atoms with Crippen LogP contribution in [0.1, 0.15) is 165 Å². The number of nitrogens with one attached hydrogen (secondary N) is 4. The number of ether oxygens (including phenoxy) is 4. The van der Waals surface area contributed by atoms with E-state index in [1.165, 1.54) is 19.1 Å². The molecular weight excluding hydrogens is 1000 g/mol. The van der Waals surface area contributed by atoms with Gasteiger partial charge in [0, 0.05) is 54.2 Å². The predicted molar refractivity (Wildman–Crippen MR) is 301 cm³/mol. The molecule has 0 spiro atoms. The lowest BCUT2D eigenvalue weighted by atomic mass is 9.89. The van der Waals surface area contributed by atoms with Crippen LogP contribution in [0.25, 0.3) is 0 Å². The first kappa shape index (κ1) is 69.4. The number of carbonyl (C=O) groups excluding carboxylic acids is 7.